The highest BCUT2D eigenvalue weighted by atomic mass is 32.1. The van der Waals surface area contributed by atoms with Crippen LogP contribution in [0.2, 0.25) is 0 Å². The zero-order valence-electron chi connectivity index (χ0n) is 16.6. The number of ether oxygens (including phenoxy) is 1. The zero-order chi connectivity index (χ0) is 20.6. The van der Waals surface area contributed by atoms with Crippen molar-refractivity contribution in [2.75, 3.05) is 17.2 Å². The van der Waals surface area contributed by atoms with E-state index in [0.717, 1.165) is 11.3 Å². The fourth-order valence-electron chi connectivity index (χ4n) is 2.69. The van der Waals surface area contributed by atoms with Gasteiger partial charge in [0.25, 0.3) is 0 Å². The van der Waals surface area contributed by atoms with Crippen LogP contribution in [0, 0.1) is 0 Å². The number of amides is 2. The number of benzene rings is 2. The van der Waals surface area contributed by atoms with Gasteiger partial charge in [-0.3, -0.25) is 5.32 Å². The lowest BCUT2D eigenvalue weighted by Gasteiger charge is -2.10. The molecule has 1 unspecified atom stereocenters. The number of nitrogens with one attached hydrogen (secondary N) is 2. The molecule has 2 amide bonds. The molecule has 0 saturated heterocycles. The van der Waals surface area contributed by atoms with E-state index in [1.54, 1.807) is 0 Å². The van der Waals surface area contributed by atoms with Gasteiger partial charge in [-0.15, -0.1) is 11.3 Å². The lowest BCUT2D eigenvalue weighted by Crippen LogP contribution is -2.20. The molecule has 1 heterocycles. The highest BCUT2D eigenvalue weighted by Crippen LogP contribution is 2.21. The number of aromatic nitrogens is 1. The summed E-state index contributed by atoms with van der Waals surface area (Å²) in [6.07, 6.45) is 0. The van der Waals surface area contributed by atoms with Crippen LogP contribution in [0.15, 0.2) is 60.0 Å². The highest BCUT2D eigenvalue weighted by Gasteiger charge is 2.13. The minimum atomic E-state index is -0.350. The van der Waals surface area contributed by atoms with Crippen LogP contribution in [-0.2, 0) is 11.3 Å². The maximum Gasteiger partial charge on any atom is 0.325 e. The Morgan fingerprint density at radius 2 is 1.83 bits per heavy atom. The third kappa shape index (κ3) is 6.39. The quantitative estimate of drug-likeness (QED) is 0.480. The molecule has 3 rings (SSSR count). The van der Waals surface area contributed by atoms with Gasteiger partial charge in [-0.1, -0.05) is 56.3 Å². The third-order valence-corrected chi connectivity index (χ3v) is 5.14. The van der Waals surface area contributed by atoms with Crippen molar-refractivity contribution in [2.24, 2.45) is 5.73 Å². The van der Waals surface area contributed by atoms with Crippen LogP contribution < -0.4 is 16.4 Å². The Labute approximate surface area is 175 Å². The number of anilines is 2. The summed E-state index contributed by atoms with van der Waals surface area (Å²) < 4.78 is 5.67. The molecule has 0 aliphatic heterocycles. The number of nitrogens with two attached hydrogens (primary N) is 1. The number of thiazole rings is 1. The summed E-state index contributed by atoms with van der Waals surface area (Å²) in [6, 6.07) is 17.0. The van der Waals surface area contributed by atoms with E-state index in [0.29, 0.717) is 30.0 Å². The maximum absolute atomic E-state index is 12.2. The lowest BCUT2D eigenvalue weighted by atomic mass is 10.0. The topological polar surface area (TPSA) is 89.3 Å². The van der Waals surface area contributed by atoms with Crippen molar-refractivity contribution >= 4 is 28.2 Å². The molecule has 0 saturated carbocycles. The zero-order valence-corrected chi connectivity index (χ0v) is 17.4. The predicted octanol–water partition coefficient (Wildman–Crippen LogP) is 5.13. The first-order valence-electron chi connectivity index (χ1n) is 9.52. The molecule has 0 spiro atoms. The number of hydrogen-bond acceptors (Lipinski definition) is 5. The Morgan fingerprint density at radius 1 is 1.10 bits per heavy atom. The summed E-state index contributed by atoms with van der Waals surface area (Å²) in [4.78, 5) is 16.6. The standard InChI is InChI=1S/C22H26N4O2S/c1-15(2)17-8-10-18(11-9-17)24-21(27)26-22-25-20(14-29-22)19(23)13-28-12-16-6-4-3-5-7-16/h3-11,14-15,19H,12-13,23H2,1-2H3,(H2,24,25,26,27). The van der Waals surface area contributed by atoms with E-state index in [1.807, 2.05) is 60.0 Å². The number of nitrogens with zero attached hydrogens (tertiary/aromatic N) is 1. The van der Waals surface area contributed by atoms with E-state index in [4.69, 9.17) is 10.5 Å². The number of urea groups is 1. The monoisotopic (exact) mass is 410 g/mol. The van der Waals surface area contributed by atoms with Crippen LogP contribution in [0.5, 0.6) is 0 Å². The molecule has 4 N–H and O–H groups in total. The van der Waals surface area contributed by atoms with Crippen molar-refractivity contribution < 1.29 is 9.53 Å². The average molecular weight is 411 g/mol. The second-order valence-corrected chi connectivity index (χ2v) is 7.90. The highest BCUT2D eigenvalue weighted by molar-refractivity contribution is 7.13. The van der Waals surface area contributed by atoms with Gasteiger partial charge >= 0.3 is 6.03 Å². The van der Waals surface area contributed by atoms with Gasteiger partial charge < -0.3 is 15.8 Å². The number of carbonyl (C=O) groups excluding carboxylic acids is 1. The van der Waals surface area contributed by atoms with Crippen LogP contribution in [0.3, 0.4) is 0 Å². The molecule has 1 aromatic heterocycles. The normalized spacial score (nSPS) is 12.0. The minimum absolute atomic E-state index is 0.336. The predicted molar refractivity (Wildman–Crippen MR) is 118 cm³/mol. The van der Waals surface area contributed by atoms with Gasteiger partial charge in [0, 0.05) is 11.1 Å². The molecule has 7 heteroatoms. The summed E-state index contributed by atoms with van der Waals surface area (Å²) in [5.41, 5.74) is 9.90. The summed E-state index contributed by atoms with van der Waals surface area (Å²) >= 11 is 1.33. The number of rotatable bonds is 8. The van der Waals surface area contributed by atoms with Crippen molar-refractivity contribution in [3.8, 4) is 0 Å². The third-order valence-electron chi connectivity index (χ3n) is 4.37. The summed E-state index contributed by atoms with van der Waals surface area (Å²) in [7, 11) is 0. The van der Waals surface area contributed by atoms with Crippen molar-refractivity contribution in [3.63, 3.8) is 0 Å². The fourth-order valence-corrected chi connectivity index (χ4v) is 3.46. The minimum Gasteiger partial charge on any atom is -0.375 e. The molecule has 3 aromatic rings. The van der Waals surface area contributed by atoms with Gasteiger partial charge in [-0.2, -0.15) is 0 Å². The van der Waals surface area contributed by atoms with Crippen LogP contribution in [0.25, 0.3) is 0 Å². The van der Waals surface area contributed by atoms with Gasteiger partial charge in [0.1, 0.15) is 0 Å². The van der Waals surface area contributed by atoms with Crippen molar-refractivity contribution in [2.45, 2.75) is 32.4 Å². The molecule has 152 valence electrons. The first-order valence-corrected chi connectivity index (χ1v) is 10.4. The van der Waals surface area contributed by atoms with E-state index >= 15 is 0 Å². The van der Waals surface area contributed by atoms with Gasteiger partial charge in [0.2, 0.25) is 0 Å². The Bertz CT molecular complexity index is 910. The molecule has 0 aliphatic rings. The second kappa shape index (κ2) is 10.2. The van der Waals surface area contributed by atoms with E-state index in [-0.39, 0.29) is 12.1 Å². The first-order chi connectivity index (χ1) is 14.0. The average Bonchev–Trinajstić information content (AvgIpc) is 3.17. The Kier molecular flexibility index (Phi) is 7.35. The molecule has 0 fully saturated rings. The molecule has 6 nitrogen and oxygen atoms in total. The van der Waals surface area contributed by atoms with E-state index in [2.05, 4.69) is 29.5 Å². The molecule has 0 radical (unpaired) electrons. The van der Waals surface area contributed by atoms with E-state index < -0.39 is 0 Å². The molecule has 1 atom stereocenters. The summed E-state index contributed by atoms with van der Waals surface area (Å²) in [6.45, 7) is 5.12. The molecule has 0 aliphatic carbocycles. The smallest absolute Gasteiger partial charge is 0.325 e. The lowest BCUT2D eigenvalue weighted by molar-refractivity contribution is 0.107. The molecule has 2 aromatic carbocycles. The number of hydrogen-bond donors (Lipinski definition) is 3. The Morgan fingerprint density at radius 3 is 2.52 bits per heavy atom. The maximum atomic E-state index is 12.2. The van der Waals surface area contributed by atoms with E-state index in [9.17, 15) is 4.79 Å². The first kappa shape index (κ1) is 21.0. The van der Waals surface area contributed by atoms with Crippen LogP contribution in [0.1, 0.15) is 42.6 Å². The largest absolute Gasteiger partial charge is 0.375 e. The fraction of sp³-hybridized carbons (Fsp3) is 0.273. The second-order valence-electron chi connectivity index (χ2n) is 7.04. The Balaban J connectivity index is 1.46. The molecule has 29 heavy (non-hydrogen) atoms. The van der Waals surface area contributed by atoms with Crippen molar-refractivity contribution in [3.05, 3.63) is 76.8 Å². The van der Waals surface area contributed by atoms with Crippen molar-refractivity contribution in [1.82, 2.24) is 4.98 Å². The van der Waals surface area contributed by atoms with Crippen molar-refractivity contribution in [1.29, 1.82) is 0 Å². The molecular formula is C22H26N4O2S. The van der Waals surface area contributed by atoms with Crippen LogP contribution in [0.4, 0.5) is 15.6 Å². The molecular weight excluding hydrogens is 384 g/mol. The summed E-state index contributed by atoms with van der Waals surface area (Å²) in [5.74, 6) is 0.451. The Hall–Kier alpha value is -2.74. The van der Waals surface area contributed by atoms with Gasteiger partial charge in [-0.25, -0.2) is 9.78 Å². The van der Waals surface area contributed by atoms with Crippen LogP contribution >= 0.6 is 11.3 Å². The van der Waals surface area contributed by atoms with E-state index in [1.165, 1.54) is 16.9 Å². The van der Waals surface area contributed by atoms with Gasteiger partial charge in [0.05, 0.1) is 24.9 Å². The number of carbonyl (C=O) groups is 1. The van der Waals surface area contributed by atoms with Gasteiger partial charge in [0.15, 0.2) is 5.13 Å². The van der Waals surface area contributed by atoms with Crippen LogP contribution in [-0.4, -0.2) is 17.6 Å². The summed E-state index contributed by atoms with van der Waals surface area (Å²) in [5, 5.41) is 7.89. The molecule has 0 bridgehead atoms. The SMILES string of the molecule is CC(C)c1ccc(NC(=O)Nc2nc(C(N)COCc3ccccc3)cs2)cc1. The van der Waals surface area contributed by atoms with Gasteiger partial charge in [-0.05, 0) is 29.2 Å².